The molecule has 15 heavy (non-hydrogen) atoms. The van der Waals surface area contributed by atoms with E-state index in [1.807, 2.05) is 19.2 Å². The van der Waals surface area contributed by atoms with Crippen LogP contribution < -0.4 is 4.90 Å². The molecule has 1 rings (SSSR count). The molecule has 0 radical (unpaired) electrons. The van der Waals surface area contributed by atoms with Crippen molar-refractivity contribution in [1.29, 1.82) is 0 Å². The van der Waals surface area contributed by atoms with E-state index in [9.17, 15) is 4.79 Å². The van der Waals surface area contributed by atoms with Gasteiger partial charge in [-0.3, -0.25) is 4.79 Å². The fraction of sp³-hybridized carbons (Fsp3) is 0.545. The summed E-state index contributed by atoms with van der Waals surface area (Å²) in [5, 5.41) is 8.17. The summed E-state index contributed by atoms with van der Waals surface area (Å²) in [6.45, 7) is 4.05. The fourth-order valence-corrected chi connectivity index (χ4v) is 1.36. The van der Waals surface area contributed by atoms with Crippen molar-refractivity contribution in [3.63, 3.8) is 0 Å². The molecule has 0 fully saturated rings. The lowest BCUT2D eigenvalue weighted by atomic mass is 10.2. The Morgan fingerprint density at radius 3 is 2.60 bits per heavy atom. The van der Waals surface area contributed by atoms with Gasteiger partial charge in [0.2, 0.25) is 0 Å². The number of hydrogen-bond acceptors (Lipinski definition) is 4. The van der Waals surface area contributed by atoms with E-state index in [0.29, 0.717) is 6.54 Å². The Kier molecular flexibility index (Phi) is 4.21. The predicted octanol–water partition coefficient (Wildman–Crippen LogP) is 1.45. The molecule has 4 heteroatoms. The van der Waals surface area contributed by atoms with Crippen LogP contribution in [-0.2, 0) is 11.2 Å². The van der Waals surface area contributed by atoms with Crippen LogP contribution in [0.25, 0.3) is 0 Å². The highest BCUT2D eigenvalue weighted by Gasteiger charge is 2.05. The van der Waals surface area contributed by atoms with Crippen molar-refractivity contribution in [3.8, 4) is 0 Å². The topological polar surface area (TPSA) is 46.1 Å². The molecule has 0 aromatic carbocycles. The number of aromatic nitrogens is 2. The first-order valence-corrected chi connectivity index (χ1v) is 5.16. The first kappa shape index (κ1) is 11.6. The third kappa shape index (κ3) is 3.65. The minimum Gasteiger partial charge on any atom is -0.351 e. The Morgan fingerprint density at radius 1 is 1.40 bits per heavy atom. The van der Waals surface area contributed by atoms with Gasteiger partial charge in [-0.15, -0.1) is 5.10 Å². The molecule has 0 aliphatic rings. The fourth-order valence-electron chi connectivity index (χ4n) is 1.36. The molecule has 0 aliphatic heterocycles. The number of carbonyl (C=O) groups is 1. The van der Waals surface area contributed by atoms with Gasteiger partial charge in [0.25, 0.3) is 0 Å². The van der Waals surface area contributed by atoms with Gasteiger partial charge < -0.3 is 4.90 Å². The third-order valence-corrected chi connectivity index (χ3v) is 2.06. The quantitative estimate of drug-likeness (QED) is 0.733. The lowest BCUT2D eigenvalue weighted by Crippen LogP contribution is -2.24. The van der Waals surface area contributed by atoms with Crippen LogP contribution >= 0.6 is 0 Å². The van der Waals surface area contributed by atoms with Crippen LogP contribution in [0, 0.1) is 0 Å². The van der Waals surface area contributed by atoms with Crippen molar-refractivity contribution in [3.05, 3.63) is 17.8 Å². The highest BCUT2D eigenvalue weighted by Crippen LogP contribution is 2.07. The van der Waals surface area contributed by atoms with Crippen LogP contribution in [0.3, 0.4) is 0 Å². The maximum absolute atomic E-state index is 10.9. The first-order chi connectivity index (χ1) is 7.13. The molecular formula is C11H17N3O. The summed E-state index contributed by atoms with van der Waals surface area (Å²) in [5.41, 5.74) is 0.998. The van der Waals surface area contributed by atoms with Gasteiger partial charge >= 0.3 is 0 Å². The highest BCUT2D eigenvalue weighted by molar-refractivity contribution is 5.80. The Balaban J connectivity index is 2.66. The maximum atomic E-state index is 10.9. The molecule has 0 unspecified atom stereocenters. The molecular weight excluding hydrogens is 190 g/mol. The van der Waals surface area contributed by atoms with Crippen LogP contribution in [0.4, 0.5) is 5.82 Å². The molecule has 1 aromatic heterocycles. The average Bonchev–Trinajstić information content (AvgIpc) is 2.18. The number of likely N-dealkylation sites (N-methyl/N-ethyl adjacent to an activating group) is 1. The van der Waals surface area contributed by atoms with E-state index in [1.165, 1.54) is 0 Å². The summed E-state index contributed by atoms with van der Waals surface area (Å²) in [7, 11) is 1.84. The zero-order chi connectivity index (χ0) is 11.3. The van der Waals surface area contributed by atoms with Gasteiger partial charge in [-0.1, -0.05) is 13.3 Å². The van der Waals surface area contributed by atoms with Gasteiger partial charge in [0.05, 0.1) is 12.2 Å². The lowest BCUT2D eigenvalue weighted by Gasteiger charge is -2.15. The van der Waals surface area contributed by atoms with E-state index in [0.717, 1.165) is 24.4 Å². The van der Waals surface area contributed by atoms with Gasteiger partial charge in [0.1, 0.15) is 5.78 Å². The minimum absolute atomic E-state index is 0.122. The summed E-state index contributed by atoms with van der Waals surface area (Å²) in [4.78, 5) is 12.7. The molecule has 0 spiro atoms. The van der Waals surface area contributed by atoms with Crippen molar-refractivity contribution in [2.75, 3.05) is 18.5 Å². The second-order valence-electron chi connectivity index (χ2n) is 3.69. The van der Waals surface area contributed by atoms with E-state index < -0.39 is 0 Å². The summed E-state index contributed by atoms with van der Waals surface area (Å²) >= 11 is 0. The van der Waals surface area contributed by atoms with Crippen molar-refractivity contribution in [1.82, 2.24) is 10.2 Å². The number of hydrogen-bond donors (Lipinski definition) is 0. The number of aryl methyl sites for hydroxylation is 1. The lowest BCUT2D eigenvalue weighted by molar-refractivity contribution is -0.115. The number of ketones is 1. The SMILES string of the molecule is CCCc1ccc(N(C)CC(C)=O)nn1. The number of nitrogens with zero attached hydrogens (tertiary/aromatic N) is 3. The zero-order valence-electron chi connectivity index (χ0n) is 9.53. The summed E-state index contributed by atoms with van der Waals surface area (Å²) in [5.74, 6) is 0.863. The van der Waals surface area contributed by atoms with Gasteiger partial charge in [0, 0.05) is 7.05 Å². The minimum atomic E-state index is 0.122. The average molecular weight is 207 g/mol. The maximum Gasteiger partial charge on any atom is 0.151 e. The van der Waals surface area contributed by atoms with Gasteiger partial charge in [0.15, 0.2) is 5.82 Å². The Morgan fingerprint density at radius 2 is 2.13 bits per heavy atom. The molecule has 0 saturated heterocycles. The van der Waals surface area contributed by atoms with Crippen molar-refractivity contribution in [2.45, 2.75) is 26.7 Å². The molecule has 1 heterocycles. The predicted molar refractivity (Wildman–Crippen MR) is 60.0 cm³/mol. The van der Waals surface area contributed by atoms with E-state index in [2.05, 4.69) is 17.1 Å². The van der Waals surface area contributed by atoms with Gasteiger partial charge in [-0.05, 0) is 25.5 Å². The summed E-state index contributed by atoms with van der Waals surface area (Å²) in [6.07, 6.45) is 2.01. The van der Waals surface area contributed by atoms with Gasteiger partial charge in [-0.25, -0.2) is 0 Å². The Labute approximate surface area is 90.3 Å². The second kappa shape index (κ2) is 5.44. The summed E-state index contributed by atoms with van der Waals surface area (Å²) < 4.78 is 0. The molecule has 0 N–H and O–H groups in total. The van der Waals surface area contributed by atoms with Crippen molar-refractivity contribution in [2.24, 2.45) is 0 Å². The largest absolute Gasteiger partial charge is 0.351 e. The van der Waals surface area contributed by atoms with Crippen LogP contribution in [0.15, 0.2) is 12.1 Å². The normalized spacial score (nSPS) is 10.1. The highest BCUT2D eigenvalue weighted by atomic mass is 16.1. The smallest absolute Gasteiger partial charge is 0.151 e. The second-order valence-corrected chi connectivity index (χ2v) is 3.69. The molecule has 0 aliphatic carbocycles. The van der Waals surface area contributed by atoms with E-state index in [4.69, 9.17) is 0 Å². The molecule has 82 valence electrons. The zero-order valence-corrected chi connectivity index (χ0v) is 9.53. The van der Waals surface area contributed by atoms with Crippen LogP contribution in [0.5, 0.6) is 0 Å². The van der Waals surface area contributed by atoms with Crippen LogP contribution in [0.1, 0.15) is 26.0 Å². The van der Waals surface area contributed by atoms with Crippen molar-refractivity contribution < 1.29 is 4.79 Å². The molecule has 4 nitrogen and oxygen atoms in total. The number of Topliss-reactive ketones (excluding diaryl/α,β-unsaturated/α-hetero) is 1. The summed E-state index contributed by atoms with van der Waals surface area (Å²) in [6, 6.07) is 3.86. The van der Waals surface area contributed by atoms with E-state index in [1.54, 1.807) is 11.8 Å². The number of anilines is 1. The standard InChI is InChI=1S/C11H17N3O/c1-4-5-10-6-7-11(13-12-10)14(3)8-9(2)15/h6-7H,4-5,8H2,1-3H3. The third-order valence-electron chi connectivity index (χ3n) is 2.06. The first-order valence-electron chi connectivity index (χ1n) is 5.16. The molecule has 0 bridgehead atoms. The molecule has 0 atom stereocenters. The van der Waals surface area contributed by atoms with Crippen molar-refractivity contribution >= 4 is 11.6 Å². The van der Waals surface area contributed by atoms with Crippen LogP contribution in [0.2, 0.25) is 0 Å². The molecule has 1 aromatic rings. The Hall–Kier alpha value is -1.45. The van der Waals surface area contributed by atoms with E-state index in [-0.39, 0.29) is 5.78 Å². The molecule has 0 saturated carbocycles. The monoisotopic (exact) mass is 207 g/mol. The van der Waals surface area contributed by atoms with Crippen LogP contribution in [-0.4, -0.2) is 29.6 Å². The van der Waals surface area contributed by atoms with Gasteiger partial charge in [-0.2, -0.15) is 5.10 Å². The number of rotatable bonds is 5. The Bertz CT molecular complexity index is 321. The van der Waals surface area contributed by atoms with E-state index >= 15 is 0 Å². The number of carbonyl (C=O) groups excluding carboxylic acids is 1. The molecule has 0 amide bonds.